The van der Waals surface area contributed by atoms with E-state index in [-0.39, 0.29) is 23.2 Å². The number of rotatable bonds is 7. The average Bonchev–Trinajstić information content (AvgIpc) is 2.65. The van der Waals surface area contributed by atoms with E-state index < -0.39 is 0 Å². The number of hydrogen-bond donors (Lipinski definition) is 1. The van der Waals surface area contributed by atoms with Crippen molar-refractivity contribution in [3.63, 3.8) is 0 Å². The Hall–Kier alpha value is -2.40. The third-order valence-corrected chi connectivity index (χ3v) is 4.40. The molecule has 0 saturated carbocycles. The highest BCUT2D eigenvalue weighted by atomic mass is 35.5. The zero-order chi connectivity index (χ0) is 19.1. The number of hydrogen-bond acceptors (Lipinski definition) is 3. The van der Waals surface area contributed by atoms with Crippen LogP contribution in [-0.4, -0.2) is 34.8 Å². The van der Waals surface area contributed by atoms with E-state index in [0.29, 0.717) is 23.8 Å². The number of carbonyl (C=O) groups is 2. The number of aromatic nitrogens is 1. The van der Waals surface area contributed by atoms with Gasteiger partial charge in [-0.25, -0.2) is 4.98 Å². The molecule has 0 radical (unpaired) electrons. The minimum atomic E-state index is -0.373. The first-order valence-corrected chi connectivity index (χ1v) is 9.18. The predicted molar refractivity (Wildman–Crippen MR) is 105 cm³/mol. The van der Waals surface area contributed by atoms with Crippen LogP contribution >= 0.6 is 11.6 Å². The molecule has 0 bridgehead atoms. The van der Waals surface area contributed by atoms with Crippen LogP contribution in [0.5, 0.6) is 0 Å². The molecule has 0 fully saturated rings. The van der Waals surface area contributed by atoms with Crippen molar-refractivity contribution < 1.29 is 9.59 Å². The van der Waals surface area contributed by atoms with Gasteiger partial charge in [-0.2, -0.15) is 0 Å². The summed E-state index contributed by atoms with van der Waals surface area (Å²) in [6.07, 6.45) is 1.75. The number of amides is 2. The molecule has 2 amide bonds. The van der Waals surface area contributed by atoms with Gasteiger partial charge in [0, 0.05) is 23.8 Å². The molecule has 0 aliphatic heterocycles. The molecular weight excluding hydrogens is 350 g/mol. The van der Waals surface area contributed by atoms with Crippen molar-refractivity contribution in [2.45, 2.75) is 33.6 Å². The highest BCUT2D eigenvalue weighted by molar-refractivity contribution is 6.31. The highest BCUT2D eigenvalue weighted by Crippen LogP contribution is 2.23. The van der Waals surface area contributed by atoms with Gasteiger partial charge in [-0.1, -0.05) is 37.6 Å². The Bertz CT molecular complexity index is 786. The summed E-state index contributed by atoms with van der Waals surface area (Å²) >= 11 is 6.09. The summed E-state index contributed by atoms with van der Waals surface area (Å²) in [5, 5.41) is 3.38. The fraction of sp³-hybridized carbons (Fsp3) is 0.350. The molecule has 2 aromatic rings. The van der Waals surface area contributed by atoms with Gasteiger partial charge in [0.2, 0.25) is 0 Å². The lowest BCUT2D eigenvalue weighted by atomic mass is 10.2. The van der Waals surface area contributed by atoms with Crippen LogP contribution in [0.4, 0.5) is 5.69 Å². The van der Waals surface area contributed by atoms with Gasteiger partial charge in [0.15, 0.2) is 0 Å². The highest BCUT2D eigenvalue weighted by Gasteiger charge is 2.18. The molecule has 1 heterocycles. The predicted octanol–water partition coefficient (Wildman–Crippen LogP) is 4.56. The van der Waals surface area contributed by atoms with Crippen molar-refractivity contribution in [1.82, 2.24) is 9.88 Å². The Balaban J connectivity index is 2.21. The Labute approximate surface area is 159 Å². The summed E-state index contributed by atoms with van der Waals surface area (Å²) < 4.78 is 0. The topological polar surface area (TPSA) is 62.3 Å². The van der Waals surface area contributed by atoms with E-state index in [0.717, 1.165) is 18.4 Å². The van der Waals surface area contributed by atoms with Crippen molar-refractivity contribution in [3.8, 4) is 0 Å². The van der Waals surface area contributed by atoms with Crippen LogP contribution in [0.3, 0.4) is 0 Å². The summed E-state index contributed by atoms with van der Waals surface area (Å²) in [5.74, 6) is -0.523. The molecule has 0 atom stereocenters. The Morgan fingerprint density at radius 3 is 2.31 bits per heavy atom. The first-order chi connectivity index (χ1) is 12.5. The lowest BCUT2D eigenvalue weighted by molar-refractivity contribution is 0.0749. The van der Waals surface area contributed by atoms with Crippen LogP contribution < -0.4 is 5.32 Å². The van der Waals surface area contributed by atoms with Gasteiger partial charge < -0.3 is 10.2 Å². The van der Waals surface area contributed by atoms with Gasteiger partial charge in [0.05, 0.1) is 0 Å². The quantitative estimate of drug-likeness (QED) is 0.773. The van der Waals surface area contributed by atoms with Crippen molar-refractivity contribution >= 4 is 29.1 Å². The number of anilines is 1. The van der Waals surface area contributed by atoms with E-state index in [4.69, 9.17) is 11.6 Å². The SMILES string of the molecule is CCCN(CCC)C(=O)c1cccc(C(=O)Nc2cccc(Cl)c2C)n1. The van der Waals surface area contributed by atoms with Gasteiger partial charge in [0.1, 0.15) is 11.4 Å². The van der Waals surface area contributed by atoms with Gasteiger partial charge in [-0.15, -0.1) is 0 Å². The summed E-state index contributed by atoms with van der Waals surface area (Å²) in [6.45, 7) is 7.23. The molecule has 138 valence electrons. The van der Waals surface area contributed by atoms with E-state index in [2.05, 4.69) is 10.3 Å². The first kappa shape index (κ1) is 19.9. The summed E-state index contributed by atoms with van der Waals surface area (Å²) in [4.78, 5) is 31.2. The van der Waals surface area contributed by atoms with Gasteiger partial charge >= 0.3 is 0 Å². The Kier molecular flexibility index (Phi) is 7.16. The van der Waals surface area contributed by atoms with Crippen molar-refractivity contribution in [3.05, 3.63) is 58.4 Å². The Morgan fingerprint density at radius 2 is 1.65 bits per heavy atom. The first-order valence-electron chi connectivity index (χ1n) is 8.80. The second kappa shape index (κ2) is 9.34. The van der Waals surface area contributed by atoms with Gasteiger partial charge in [0.25, 0.3) is 11.8 Å². The molecule has 0 aliphatic rings. The maximum absolute atomic E-state index is 12.7. The van der Waals surface area contributed by atoms with Crippen LogP contribution in [0.25, 0.3) is 0 Å². The maximum atomic E-state index is 12.7. The molecule has 0 spiro atoms. The molecule has 0 saturated heterocycles. The third kappa shape index (κ3) is 4.82. The molecule has 6 heteroatoms. The molecule has 1 aromatic heterocycles. The van der Waals surface area contributed by atoms with E-state index >= 15 is 0 Å². The monoisotopic (exact) mass is 373 g/mol. The number of nitrogens with zero attached hydrogens (tertiary/aromatic N) is 2. The normalized spacial score (nSPS) is 10.5. The summed E-state index contributed by atoms with van der Waals surface area (Å²) in [7, 11) is 0. The molecule has 0 aliphatic carbocycles. The number of pyridine rings is 1. The fourth-order valence-corrected chi connectivity index (χ4v) is 2.80. The summed E-state index contributed by atoms with van der Waals surface area (Å²) in [5.41, 5.74) is 1.89. The average molecular weight is 374 g/mol. The smallest absolute Gasteiger partial charge is 0.274 e. The Morgan fingerprint density at radius 1 is 1.04 bits per heavy atom. The van der Waals surface area contributed by atoms with Crippen LogP contribution in [0.1, 0.15) is 53.2 Å². The van der Waals surface area contributed by atoms with Crippen LogP contribution in [0.15, 0.2) is 36.4 Å². The van der Waals surface area contributed by atoms with Crippen molar-refractivity contribution in [2.24, 2.45) is 0 Å². The lowest BCUT2D eigenvalue weighted by Crippen LogP contribution is -2.33. The van der Waals surface area contributed by atoms with E-state index in [1.54, 1.807) is 41.3 Å². The molecule has 1 aromatic carbocycles. The van der Waals surface area contributed by atoms with Gasteiger partial charge in [-0.3, -0.25) is 9.59 Å². The van der Waals surface area contributed by atoms with Crippen LogP contribution in [0, 0.1) is 6.92 Å². The zero-order valence-electron chi connectivity index (χ0n) is 15.4. The molecule has 0 unspecified atom stereocenters. The number of halogens is 1. The largest absolute Gasteiger partial charge is 0.337 e. The lowest BCUT2D eigenvalue weighted by Gasteiger charge is -2.21. The van der Waals surface area contributed by atoms with E-state index in [1.807, 2.05) is 20.8 Å². The number of carbonyl (C=O) groups excluding carboxylic acids is 2. The van der Waals surface area contributed by atoms with E-state index in [1.165, 1.54) is 0 Å². The minimum absolute atomic E-state index is 0.151. The summed E-state index contributed by atoms with van der Waals surface area (Å²) in [6, 6.07) is 10.2. The number of benzene rings is 1. The van der Waals surface area contributed by atoms with E-state index in [9.17, 15) is 9.59 Å². The molecule has 26 heavy (non-hydrogen) atoms. The molecular formula is C20H24ClN3O2. The maximum Gasteiger partial charge on any atom is 0.274 e. The second-order valence-corrected chi connectivity index (χ2v) is 6.47. The molecule has 2 rings (SSSR count). The van der Waals surface area contributed by atoms with Crippen molar-refractivity contribution in [2.75, 3.05) is 18.4 Å². The third-order valence-electron chi connectivity index (χ3n) is 3.99. The van der Waals surface area contributed by atoms with Crippen molar-refractivity contribution in [1.29, 1.82) is 0 Å². The van der Waals surface area contributed by atoms with Gasteiger partial charge in [-0.05, 0) is 49.6 Å². The second-order valence-electron chi connectivity index (χ2n) is 6.07. The molecule has 5 nitrogen and oxygen atoms in total. The number of nitrogens with one attached hydrogen (secondary N) is 1. The zero-order valence-corrected chi connectivity index (χ0v) is 16.1. The van der Waals surface area contributed by atoms with Crippen LogP contribution in [0.2, 0.25) is 5.02 Å². The standard InChI is InChI=1S/C20H24ClN3O2/c1-4-12-24(13-5-2)20(26)18-11-7-10-17(22-18)19(25)23-16-9-6-8-15(21)14(16)3/h6-11H,4-5,12-13H2,1-3H3,(H,23,25). The van der Waals surface area contributed by atoms with Crippen LogP contribution in [-0.2, 0) is 0 Å². The fourth-order valence-electron chi connectivity index (χ4n) is 2.63. The minimum Gasteiger partial charge on any atom is -0.337 e. The molecule has 1 N–H and O–H groups in total.